The zero-order valence-corrected chi connectivity index (χ0v) is 12.1. The molecular formula is C15H23ClFN. The summed E-state index contributed by atoms with van der Waals surface area (Å²) in [5.41, 5.74) is 1.09. The molecular weight excluding hydrogens is 249 g/mol. The first-order chi connectivity index (χ1) is 8.67. The van der Waals surface area contributed by atoms with Crippen molar-refractivity contribution in [3.05, 3.63) is 34.6 Å². The van der Waals surface area contributed by atoms with Crippen LogP contribution in [0.15, 0.2) is 18.2 Å². The Bertz CT molecular complexity index is 354. The Balaban J connectivity index is 2.44. The van der Waals surface area contributed by atoms with Gasteiger partial charge in [0.2, 0.25) is 0 Å². The van der Waals surface area contributed by atoms with Gasteiger partial charge >= 0.3 is 0 Å². The summed E-state index contributed by atoms with van der Waals surface area (Å²) in [6.07, 6.45) is 7.16. The molecule has 1 atom stereocenters. The summed E-state index contributed by atoms with van der Waals surface area (Å²) in [5, 5.41) is 3.54. The number of hydrogen-bond donors (Lipinski definition) is 1. The van der Waals surface area contributed by atoms with Crippen LogP contribution in [0.2, 0.25) is 5.02 Å². The molecule has 0 aliphatic heterocycles. The van der Waals surface area contributed by atoms with Gasteiger partial charge in [-0.15, -0.1) is 0 Å². The van der Waals surface area contributed by atoms with Crippen LogP contribution >= 0.6 is 11.6 Å². The summed E-state index contributed by atoms with van der Waals surface area (Å²) in [6, 6.07) is 5.44. The predicted molar refractivity (Wildman–Crippen MR) is 76.7 cm³/mol. The van der Waals surface area contributed by atoms with Crippen molar-refractivity contribution in [1.82, 2.24) is 5.32 Å². The molecule has 0 saturated heterocycles. The summed E-state index contributed by atoms with van der Waals surface area (Å²) in [4.78, 5) is 0. The third-order valence-corrected chi connectivity index (χ3v) is 3.57. The summed E-state index contributed by atoms with van der Waals surface area (Å²) >= 11 is 5.79. The van der Waals surface area contributed by atoms with Crippen LogP contribution in [0.5, 0.6) is 0 Å². The lowest BCUT2D eigenvalue weighted by molar-refractivity contribution is 0.484. The maximum Gasteiger partial charge on any atom is 0.141 e. The summed E-state index contributed by atoms with van der Waals surface area (Å²) in [6.45, 7) is 2.22. The lowest BCUT2D eigenvalue weighted by Crippen LogP contribution is -2.27. The van der Waals surface area contributed by atoms with Crippen LogP contribution in [0.4, 0.5) is 4.39 Å². The van der Waals surface area contributed by atoms with E-state index in [-0.39, 0.29) is 10.8 Å². The van der Waals surface area contributed by atoms with Gasteiger partial charge in [-0.25, -0.2) is 4.39 Å². The van der Waals surface area contributed by atoms with Gasteiger partial charge < -0.3 is 5.32 Å². The van der Waals surface area contributed by atoms with Crippen molar-refractivity contribution in [1.29, 1.82) is 0 Å². The standard InChI is InChI=1S/C15H23ClFN/c1-3-4-5-6-7-13(18-2)10-12-8-9-15(17)14(16)11-12/h8-9,11,13,18H,3-7,10H2,1-2H3. The van der Waals surface area contributed by atoms with Gasteiger partial charge in [-0.1, -0.05) is 50.3 Å². The topological polar surface area (TPSA) is 12.0 Å². The van der Waals surface area contributed by atoms with Gasteiger partial charge in [-0.05, 0) is 37.6 Å². The van der Waals surface area contributed by atoms with Crippen molar-refractivity contribution in [2.75, 3.05) is 7.05 Å². The number of halogens is 2. The lowest BCUT2D eigenvalue weighted by Gasteiger charge is -2.16. The number of likely N-dealkylation sites (N-methyl/N-ethyl adjacent to an activating group) is 1. The first-order valence-electron chi connectivity index (χ1n) is 6.78. The highest BCUT2D eigenvalue weighted by Gasteiger charge is 2.08. The van der Waals surface area contributed by atoms with Crippen LogP contribution in [0, 0.1) is 5.82 Å². The molecule has 102 valence electrons. The Morgan fingerprint density at radius 3 is 2.67 bits per heavy atom. The second-order valence-corrected chi connectivity index (χ2v) is 5.19. The van der Waals surface area contributed by atoms with E-state index in [0.717, 1.165) is 18.4 Å². The van der Waals surface area contributed by atoms with Crippen LogP contribution in [0.3, 0.4) is 0 Å². The van der Waals surface area contributed by atoms with Gasteiger partial charge in [-0.3, -0.25) is 0 Å². The molecule has 1 aromatic rings. The Labute approximate surface area is 115 Å². The maximum atomic E-state index is 13.1. The molecule has 1 nitrogen and oxygen atoms in total. The van der Waals surface area contributed by atoms with E-state index in [1.807, 2.05) is 13.1 Å². The van der Waals surface area contributed by atoms with Gasteiger partial charge in [0.15, 0.2) is 0 Å². The molecule has 0 spiro atoms. The molecule has 18 heavy (non-hydrogen) atoms. The second kappa shape index (κ2) is 8.49. The number of unbranched alkanes of at least 4 members (excludes halogenated alkanes) is 3. The van der Waals surface area contributed by atoms with Gasteiger partial charge in [-0.2, -0.15) is 0 Å². The van der Waals surface area contributed by atoms with E-state index < -0.39 is 0 Å². The molecule has 0 radical (unpaired) electrons. The van der Waals surface area contributed by atoms with Crippen molar-refractivity contribution >= 4 is 11.6 Å². The van der Waals surface area contributed by atoms with E-state index in [1.165, 1.54) is 31.7 Å². The molecule has 1 rings (SSSR count). The van der Waals surface area contributed by atoms with Crippen molar-refractivity contribution in [2.24, 2.45) is 0 Å². The molecule has 0 aliphatic rings. The third-order valence-electron chi connectivity index (χ3n) is 3.28. The van der Waals surface area contributed by atoms with Crippen molar-refractivity contribution in [3.63, 3.8) is 0 Å². The fraction of sp³-hybridized carbons (Fsp3) is 0.600. The molecule has 0 aliphatic carbocycles. The number of rotatable bonds is 8. The molecule has 0 fully saturated rings. The minimum absolute atomic E-state index is 0.216. The number of nitrogens with one attached hydrogen (secondary N) is 1. The van der Waals surface area contributed by atoms with Gasteiger partial charge in [0.05, 0.1) is 5.02 Å². The number of benzene rings is 1. The van der Waals surface area contributed by atoms with Gasteiger partial charge in [0.25, 0.3) is 0 Å². The average Bonchev–Trinajstić information content (AvgIpc) is 2.37. The molecule has 1 unspecified atom stereocenters. The number of hydrogen-bond acceptors (Lipinski definition) is 1. The molecule has 3 heteroatoms. The molecule has 0 amide bonds. The first-order valence-corrected chi connectivity index (χ1v) is 7.16. The van der Waals surface area contributed by atoms with Crippen LogP contribution in [-0.2, 0) is 6.42 Å². The summed E-state index contributed by atoms with van der Waals surface area (Å²) in [7, 11) is 1.98. The molecule has 0 aromatic heterocycles. The van der Waals surface area contributed by atoms with Crippen molar-refractivity contribution in [3.8, 4) is 0 Å². The van der Waals surface area contributed by atoms with Crippen LogP contribution in [0.25, 0.3) is 0 Å². The highest BCUT2D eigenvalue weighted by molar-refractivity contribution is 6.30. The molecule has 0 heterocycles. The minimum Gasteiger partial charge on any atom is -0.317 e. The van der Waals surface area contributed by atoms with E-state index >= 15 is 0 Å². The highest BCUT2D eigenvalue weighted by Crippen LogP contribution is 2.18. The summed E-state index contributed by atoms with van der Waals surface area (Å²) < 4.78 is 13.1. The smallest absolute Gasteiger partial charge is 0.141 e. The maximum absolute atomic E-state index is 13.1. The first kappa shape index (κ1) is 15.5. The molecule has 0 saturated carbocycles. The zero-order valence-electron chi connectivity index (χ0n) is 11.3. The molecule has 1 aromatic carbocycles. The second-order valence-electron chi connectivity index (χ2n) is 4.79. The Hall–Kier alpha value is -0.600. The Morgan fingerprint density at radius 2 is 2.06 bits per heavy atom. The van der Waals surface area contributed by atoms with Crippen LogP contribution in [0.1, 0.15) is 44.6 Å². The van der Waals surface area contributed by atoms with E-state index in [4.69, 9.17) is 11.6 Å². The van der Waals surface area contributed by atoms with Crippen LogP contribution < -0.4 is 5.32 Å². The fourth-order valence-corrected chi connectivity index (χ4v) is 2.32. The van der Waals surface area contributed by atoms with E-state index in [0.29, 0.717) is 6.04 Å². The van der Waals surface area contributed by atoms with Gasteiger partial charge in [0.1, 0.15) is 5.82 Å². The van der Waals surface area contributed by atoms with Crippen LogP contribution in [-0.4, -0.2) is 13.1 Å². The highest BCUT2D eigenvalue weighted by atomic mass is 35.5. The van der Waals surface area contributed by atoms with Gasteiger partial charge in [0, 0.05) is 6.04 Å². The SMILES string of the molecule is CCCCCCC(Cc1ccc(F)c(Cl)c1)NC. The third kappa shape index (κ3) is 5.36. The largest absolute Gasteiger partial charge is 0.317 e. The van der Waals surface area contributed by atoms with Crippen molar-refractivity contribution < 1.29 is 4.39 Å². The van der Waals surface area contributed by atoms with E-state index in [9.17, 15) is 4.39 Å². The monoisotopic (exact) mass is 271 g/mol. The van der Waals surface area contributed by atoms with E-state index in [2.05, 4.69) is 12.2 Å². The zero-order chi connectivity index (χ0) is 13.4. The normalized spacial score (nSPS) is 12.7. The quantitative estimate of drug-likeness (QED) is 0.683. The van der Waals surface area contributed by atoms with E-state index in [1.54, 1.807) is 6.07 Å². The average molecular weight is 272 g/mol. The Morgan fingerprint density at radius 1 is 1.28 bits per heavy atom. The molecule has 0 bridgehead atoms. The summed E-state index contributed by atoms with van der Waals surface area (Å²) in [5.74, 6) is -0.343. The lowest BCUT2D eigenvalue weighted by atomic mass is 10.00. The minimum atomic E-state index is -0.343. The Kier molecular flexibility index (Phi) is 7.29. The predicted octanol–water partition coefficient (Wildman–Crippen LogP) is 4.58. The fourth-order valence-electron chi connectivity index (χ4n) is 2.12. The van der Waals surface area contributed by atoms with Crippen molar-refractivity contribution in [2.45, 2.75) is 51.5 Å². The molecule has 1 N–H and O–H groups in total.